The molecule has 0 aromatic carbocycles. The molecule has 1 saturated heterocycles. The molecule has 1 aliphatic rings. The fourth-order valence-electron chi connectivity index (χ4n) is 2.16. The average Bonchev–Trinajstić information content (AvgIpc) is 2.51. The molecule has 1 aliphatic heterocycles. The molecule has 0 aromatic rings. The van der Waals surface area contributed by atoms with Crippen LogP contribution in [0.4, 0.5) is 0 Å². The topological polar surface area (TPSA) is 109 Å². The summed E-state index contributed by atoms with van der Waals surface area (Å²) in [5, 5.41) is 43.5. The molecule has 1 fully saturated rings. The fraction of sp³-hybridized carbons (Fsp3) is 1.00. The maximum Gasteiger partial charge on any atom is 2.00 e. The van der Waals surface area contributed by atoms with Gasteiger partial charge in [-0.2, -0.15) is 0 Å². The van der Waals surface area contributed by atoms with Crippen LogP contribution in [0.1, 0.15) is 61.3 Å². The van der Waals surface area contributed by atoms with Gasteiger partial charge in [-0.05, 0) is 19.8 Å². The monoisotopic (exact) mass is 425 g/mol. The summed E-state index contributed by atoms with van der Waals surface area (Å²) in [6.07, 6.45) is 0.866. The van der Waals surface area contributed by atoms with Gasteiger partial charge < -0.3 is 31.1 Å². The molecule has 0 aromatic heterocycles. The van der Waals surface area contributed by atoms with Gasteiger partial charge in [0.15, 0.2) is 0 Å². The zero-order valence-corrected chi connectivity index (χ0v) is 18.5. The molecule has 0 saturated carbocycles. The van der Waals surface area contributed by atoms with Crippen LogP contribution in [0.25, 0.3) is 10.6 Å². The van der Waals surface area contributed by atoms with Crippen molar-refractivity contribution in [2.45, 2.75) is 85.8 Å². The van der Waals surface area contributed by atoms with E-state index in [-0.39, 0.29) is 35.5 Å². The maximum atomic E-state index is 9.23. The van der Waals surface area contributed by atoms with Crippen molar-refractivity contribution >= 4 is 0 Å². The Labute approximate surface area is 171 Å². The Morgan fingerprint density at radius 2 is 1.54 bits per heavy atom. The molecule has 4 N–H and O–H groups in total. The molecule has 0 aliphatic carbocycles. The summed E-state index contributed by atoms with van der Waals surface area (Å²) in [6.45, 7) is 15.3. The molecular formula is C19H42CuN2O4. The normalized spacial score (nSPS) is 23.0. The van der Waals surface area contributed by atoms with Crippen molar-refractivity contribution in [3.63, 3.8) is 0 Å². The summed E-state index contributed by atoms with van der Waals surface area (Å²) >= 11 is 0. The van der Waals surface area contributed by atoms with Gasteiger partial charge in [0.1, 0.15) is 6.29 Å². The van der Waals surface area contributed by atoms with Crippen LogP contribution < -0.4 is 0 Å². The minimum absolute atomic E-state index is 0. The van der Waals surface area contributed by atoms with Crippen LogP contribution in [-0.4, -0.2) is 64.6 Å². The molecule has 1 rings (SSSR count). The van der Waals surface area contributed by atoms with Crippen molar-refractivity contribution in [3.05, 3.63) is 10.6 Å². The van der Waals surface area contributed by atoms with Crippen molar-refractivity contribution in [1.29, 1.82) is 0 Å². The van der Waals surface area contributed by atoms with Gasteiger partial charge in [-0.25, -0.2) is 0 Å². The van der Waals surface area contributed by atoms with E-state index >= 15 is 0 Å². The van der Waals surface area contributed by atoms with Gasteiger partial charge in [0.25, 0.3) is 0 Å². The number of nitrogens with zero attached hydrogens (tertiary/aromatic N) is 2. The van der Waals surface area contributed by atoms with Crippen LogP contribution in [0.5, 0.6) is 0 Å². The first-order valence-electron chi connectivity index (χ1n) is 9.54. The van der Waals surface area contributed by atoms with Crippen molar-refractivity contribution in [1.82, 2.24) is 0 Å². The van der Waals surface area contributed by atoms with Crippen molar-refractivity contribution in [2.75, 3.05) is 19.7 Å². The van der Waals surface area contributed by atoms with Gasteiger partial charge in [-0.3, -0.25) is 0 Å². The Hall–Kier alpha value is 0.279. The number of aliphatic hydroxyl groups excluding tert-OH is 3. The summed E-state index contributed by atoms with van der Waals surface area (Å²) < 4.78 is 0. The van der Waals surface area contributed by atoms with E-state index in [1.54, 1.807) is 13.8 Å². The Balaban J connectivity index is -0.000000371. The summed E-state index contributed by atoms with van der Waals surface area (Å²) in [5.74, 6) is 0.998. The third-order valence-corrected chi connectivity index (χ3v) is 4.22. The molecule has 0 amide bonds. The molecule has 1 radical (unpaired) electrons. The van der Waals surface area contributed by atoms with Crippen LogP contribution in [0, 0.1) is 17.8 Å². The first-order chi connectivity index (χ1) is 11.6. The molecule has 1 heterocycles. The summed E-state index contributed by atoms with van der Waals surface area (Å²) in [4.78, 5) is 0. The third-order valence-electron chi connectivity index (χ3n) is 4.22. The second-order valence-corrected chi connectivity index (χ2v) is 7.44. The predicted octanol–water partition coefficient (Wildman–Crippen LogP) is 2.89. The van der Waals surface area contributed by atoms with Gasteiger partial charge in [0.05, 0.1) is 6.10 Å². The second kappa shape index (κ2) is 18.6. The Morgan fingerprint density at radius 1 is 1.04 bits per heavy atom. The quantitative estimate of drug-likeness (QED) is 0.387. The van der Waals surface area contributed by atoms with E-state index < -0.39 is 18.4 Å². The van der Waals surface area contributed by atoms with Gasteiger partial charge in [0, 0.05) is 6.61 Å². The smallest absolute Gasteiger partial charge is 0.660 e. The van der Waals surface area contributed by atoms with Crippen LogP contribution in [0.15, 0.2) is 0 Å². The average molecular weight is 426 g/mol. The van der Waals surface area contributed by atoms with Gasteiger partial charge >= 0.3 is 17.1 Å². The van der Waals surface area contributed by atoms with E-state index in [0.717, 1.165) is 12.5 Å². The number of hydrogen-bond acceptors (Lipinski definition) is 4. The first-order valence-corrected chi connectivity index (χ1v) is 9.54. The maximum absolute atomic E-state index is 9.23. The van der Waals surface area contributed by atoms with Gasteiger partial charge in [-0.15, -0.1) is 19.1 Å². The third kappa shape index (κ3) is 17.7. The van der Waals surface area contributed by atoms with E-state index in [9.17, 15) is 5.11 Å². The van der Waals surface area contributed by atoms with E-state index in [4.69, 9.17) is 15.3 Å². The number of rotatable bonds is 6. The van der Waals surface area contributed by atoms with E-state index in [1.807, 2.05) is 20.8 Å². The molecule has 26 heavy (non-hydrogen) atoms. The van der Waals surface area contributed by atoms with E-state index in [2.05, 4.69) is 24.5 Å². The van der Waals surface area contributed by atoms with Gasteiger partial charge in [0.2, 0.25) is 0 Å². The first kappa shape index (κ1) is 31.0. The largest absolute Gasteiger partial charge is 2.00 e. The summed E-state index contributed by atoms with van der Waals surface area (Å²) in [5.41, 5.74) is 0. The van der Waals surface area contributed by atoms with Crippen molar-refractivity contribution < 1.29 is 37.5 Å². The van der Waals surface area contributed by atoms with Crippen LogP contribution >= 0.6 is 0 Å². The molecule has 5 atom stereocenters. The summed E-state index contributed by atoms with van der Waals surface area (Å²) in [6, 6.07) is 0.183. The number of piperidine rings is 1. The van der Waals surface area contributed by atoms with E-state index in [1.165, 1.54) is 12.8 Å². The van der Waals surface area contributed by atoms with Crippen LogP contribution in [0.3, 0.4) is 0 Å². The molecule has 0 spiro atoms. The van der Waals surface area contributed by atoms with Crippen LogP contribution in [-0.2, 0) is 17.1 Å². The van der Waals surface area contributed by atoms with Gasteiger partial charge in [-0.1, -0.05) is 65.3 Å². The Morgan fingerprint density at radius 3 is 1.81 bits per heavy atom. The zero-order chi connectivity index (χ0) is 20.0. The minimum atomic E-state index is -1.41. The number of hydrogen-bond donors (Lipinski definition) is 4. The standard InChI is InChI=1S/C10H22NO3.C7H14N.C2H6O.Cu/c1-6(2)9(10(13)14)11-5-7(3)8(4)12;1-6-3-4-7(2)8-5-6;1-2-3;/h6-10,12-14H,5H2,1-4H3;6-7H,3-5H2,1-2H3;3H,2H2,1H3;/q2*-1;;+2. The van der Waals surface area contributed by atoms with Crippen molar-refractivity contribution in [2.24, 2.45) is 17.8 Å². The molecule has 6 nitrogen and oxygen atoms in total. The zero-order valence-electron chi connectivity index (χ0n) is 17.6. The molecule has 163 valence electrons. The second-order valence-electron chi connectivity index (χ2n) is 7.44. The SMILES string of the molecule is CC(C)C([N-]CC(C)C(C)O)C(O)O.CC1CCC(C)[N-]C1.CCO.[Cu+2]. The fourth-order valence-corrected chi connectivity index (χ4v) is 2.16. The number of aliphatic hydroxyl groups is 4. The van der Waals surface area contributed by atoms with E-state index in [0.29, 0.717) is 12.6 Å². The Kier molecular flexibility index (Phi) is 22.2. The minimum Gasteiger partial charge on any atom is -0.660 e. The van der Waals surface area contributed by atoms with Crippen LogP contribution in [0.2, 0.25) is 0 Å². The van der Waals surface area contributed by atoms with Crippen molar-refractivity contribution in [3.8, 4) is 0 Å². The molecule has 0 bridgehead atoms. The molecule has 7 heteroatoms. The predicted molar refractivity (Wildman–Crippen MR) is 105 cm³/mol. The summed E-state index contributed by atoms with van der Waals surface area (Å²) in [7, 11) is 0. The molecule has 5 unspecified atom stereocenters. The molecular weight excluding hydrogens is 384 g/mol. The Bertz CT molecular complexity index is 269.